The molecule has 0 saturated carbocycles. The Labute approximate surface area is 48.0 Å². The first-order valence-corrected chi connectivity index (χ1v) is 2.72. The monoisotopic (exact) mass is 115 g/mol. The Morgan fingerprint density at radius 2 is 2.75 bits per heavy atom. The van der Waals surface area contributed by atoms with Crippen LogP contribution in [-0.4, -0.2) is 17.1 Å². The maximum Gasteiger partial charge on any atom is 0.229 e. The lowest BCUT2D eigenvalue weighted by Crippen LogP contribution is -2.04. The molecular formula is C5H9NO2. The highest BCUT2D eigenvalue weighted by Gasteiger charge is 2.14. The zero-order valence-electron chi connectivity index (χ0n) is 4.79. The van der Waals surface area contributed by atoms with E-state index in [1.807, 2.05) is 6.92 Å². The fourth-order valence-corrected chi connectivity index (χ4v) is 0.620. The molecule has 0 aromatic rings. The lowest BCUT2D eigenvalue weighted by Gasteiger charge is -1.93. The number of aliphatic hydroxyl groups is 1. The zero-order chi connectivity index (χ0) is 5.98. The number of hydrogen-bond acceptors (Lipinski definition) is 3. The molecule has 1 rings (SSSR count). The Bertz CT molecular complexity index is 111. The van der Waals surface area contributed by atoms with Crippen LogP contribution in [0.25, 0.3) is 0 Å². The molecule has 0 aliphatic carbocycles. The molecule has 0 spiro atoms. The van der Waals surface area contributed by atoms with E-state index in [0.717, 1.165) is 12.1 Å². The van der Waals surface area contributed by atoms with E-state index in [2.05, 4.69) is 9.99 Å². The first-order chi connectivity index (χ1) is 3.83. The molecule has 1 atom stereocenters. The molecule has 8 heavy (non-hydrogen) atoms. The molecule has 1 aliphatic rings. The third-order valence-corrected chi connectivity index (χ3v) is 1.12. The summed E-state index contributed by atoms with van der Waals surface area (Å²) in [5, 5.41) is 12.3. The number of rotatable bonds is 1. The zero-order valence-corrected chi connectivity index (χ0v) is 4.79. The second kappa shape index (κ2) is 2.13. The molecule has 1 N–H and O–H groups in total. The van der Waals surface area contributed by atoms with Gasteiger partial charge in [0.15, 0.2) is 0 Å². The standard InChI is InChI=1S/C5H9NO2/c1-2-4-3-5(7)8-6-4/h5,7H,2-3H2,1H3. The normalized spacial score (nSPS) is 27.2. The maximum absolute atomic E-state index is 8.69. The SMILES string of the molecule is CCC1=NOC(O)C1. The van der Waals surface area contributed by atoms with Crippen molar-refractivity contribution in [2.45, 2.75) is 26.1 Å². The van der Waals surface area contributed by atoms with Crippen molar-refractivity contribution in [3.05, 3.63) is 0 Å². The van der Waals surface area contributed by atoms with Gasteiger partial charge in [-0.2, -0.15) is 0 Å². The van der Waals surface area contributed by atoms with E-state index in [-0.39, 0.29) is 0 Å². The summed E-state index contributed by atoms with van der Waals surface area (Å²) in [6, 6.07) is 0. The van der Waals surface area contributed by atoms with Crippen molar-refractivity contribution >= 4 is 5.71 Å². The van der Waals surface area contributed by atoms with Gasteiger partial charge in [-0.1, -0.05) is 12.1 Å². The van der Waals surface area contributed by atoms with Crippen molar-refractivity contribution in [1.29, 1.82) is 0 Å². The first kappa shape index (κ1) is 5.56. The maximum atomic E-state index is 8.69. The highest BCUT2D eigenvalue weighted by Crippen LogP contribution is 2.08. The second-order valence-electron chi connectivity index (χ2n) is 1.78. The van der Waals surface area contributed by atoms with Gasteiger partial charge in [-0.25, -0.2) is 0 Å². The summed E-state index contributed by atoms with van der Waals surface area (Å²) in [5.74, 6) is 0. The molecule has 46 valence electrons. The van der Waals surface area contributed by atoms with Crippen LogP contribution in [-0.2, 0) is 4.84 Å². The highest BCUT2D eigenvalue weighted by molar-refractivity contribution is 5.84. The van der Waals surface area contributed by atoms with Crippen LogP contribution in [0.2, 0.25) is 0 Å². The molecule has 3 nitrogen and oxygen atoms in total. The summed E-state index contributed by atoms with van der Waals surface area (Å²) in [5.41, 5.74) is 0.942. The van der Waals surface area contributed by atoms with E-state index in [9.17, 15) is 0 Å². The van der Waals surface area contributed by atoms with Crippen LogP contribution in [0.15, 0.2) is 5.16 Å². The van der Waals surface area contributed by atoms with Crippen LogP contribution in [0.5, 0.6) is 0 Å². The third-order valence-electron chi connectivity index (χ3n) is 1.12. The quantitative estimate of drug-likeness (QED) is 0.540. The second-order valence-corrected chi connectivity index (χ2v) is 1.78. The minimum Gasteiger partial charge on any atom is -0.364 e. The number of nitrogens with zero attached hydrogens (tertiary/aromatic N) is 1. The van der Waals surface area contributed by atoms with Crippen LogP contribution < -0.4 is 0 Å². The largest absolute Gasteiger partial charge is 0.364 e. The summed E-state index contributed by atoms with van der Waals surface area (Å²) in [6.07, 6.45) is 0.776. The van der Waals surface area contributed by atoms with Crippen LogP contribution in [0.4, 0.5) is 0 Å². The Morgan fingerprint density at radius 3 is 3.00 bits per heavy atom. The third kappa shape index (κ3) is 0.980. The topological polar surface area (TPSA) is 41.8 Å². The molecule has 0 radical (unpaired) electrons. The van der Waals surface area contributed by atoms with Gasteiger partial charge in [0.05, 0.1) is 12.1 Å². The van der Waals surface area contributed by atoms with Crippen LogP contribution in [0.1, 0.15) is 19.8 Å². The Balaban J connectivity index is 2.37. The predicted octanol–water partition coefficient (Wildman–Crippen LogP) is 0.491. The fourth-order valence-electron chi connectivity index (χ4n) is 0.620. The van der Waals surface area contributed by atoms with E-state index >= 15 is 0 Å². The van der Waals surface area contributed by atoms with Crippen LogP contribution in [0.3, 0.4) is 0 Å². The molecule has 0 amide bonds. The van der Waals surface area contributed by atoms with Crippen molar-refractivity contribution in [3.63, 3.8) is 0 Å². The number of oxime groups is 1. The van der Waals surface area contributed by atoms with Gasteiger partial charge in [0, 0.05) is 0 Å². The summed E-state index contributed by atoms with van der Waals surface area (Å²) in [7, 11) is 0. The molecular weight excluding hydrogens is 106 g/mol. The van der Waals surface area contributed by atoms with Crippen molar-refractivity contribution in [2.75, 3.05) is 0 Å². The van der Waals surface area contributed by atoms with Gasteiger partial charge in [-0.15, -0.1) is 0 Å². The average molecular weight is 115 g/mol. The number of aliphatic hydroxyl groups excluding tert-OH is 1. The lowest BCUT2D eigenvalue weighted by molar-refractivity contribution is -0.0762. The van der Waals surface area contributed by atoms with Crippen molar-refractivity contribution in [1.82, 2.24) is 0 Å². The fraction of sp³-hybridized carbons (Fsp3) is 0.800. The van der Waals surface area contributed by atoms with Gasteiger partial charge in [0.2, 0.25) is 6.29 Å². The van der Waals surface area contributed by atoms with E-state index in [4.69, 9.17) is 5.11 Å². The van der Waals surface area contributed by atoms with E-state index in [1.165, 1.54) is 0 Å². The van der Waals surface area contributed by atoms with E-state index in [1.54, 1.807) is 0 Å². The van der Waals surface area contributed by atoms with Gasteiger partial charge in [-0.3, -0.25) is 0 Å². The van der Waals surface area contributed by atoms with Gasteiger partial charge >= 0.3 is 0 Å². The Morgan fingerprint density at radius 1 is 2.00 bits per heavy atom. The molecule has 3 heteroatoms. The van der Waals surface area contributed by atoms with Crippen molar-refractivity contribution in [2.24, 2.45) is 5.16 Å². The van der Waals surface area contributed by atoms with E-state index in [0.29, 0.717) is 6.42 Å². The molecule has 0 fully saturated rings. The van der Waals surface area contributed by atoms with Crippen LogP contribution >= 0.6 is 0 Å². The van der Waals surface area contributed by atoms with Gasteiger partial charge in [-0.05, 0) is 6.42 Å². The van der Waals surface area contributed by atoms with Gasteiger partial charge in [0.25, 0.3) is 0 Å². The van der Waals surface area contributed by atoms with Crippen LogP contribution in [0, 0.1) is 0 Å². The van der Waals surface area contributed by atoms with Gasteiger partial charge in [0.1, 0.15) is 0 Å². The Hall–Kier alpha value is -0.570. The first-order valence-electron chi connectivity index (χ1n) is 2.72. The molecule has 1 aliphatic heterocycles. The molecule has 0 bridgehead atoms. The average Bonchev–Trinajstić information content (AvgIpc) is 2.14. The lowest BCUT2D eigenvalue weighted by atomic mass is 10.2. The molecule has 0 saturated heterocycles. The summed E-state index contributed by atoms with van der Waals surface area (Å²) < 4.78 is 0. The molecule has 0 aromatic carbocycles. The van der Waals surface area contributed by atoms with Gasteiger partial charge < -0.3 is 9.94 Å². The minimum atomic E-state index is -0.676. The molecule has 1 heterocycles. The summed E-state index contributed by atoms with van der Waals surface area (Å²) in [4.78, 5) is 4.50. The van der Waals surface area contributed by atoms with E-state index < -0.39 is 6.29 Å². The number of hydrogen-bond donors (Lipinski definition) is 1. The minimum absolute atomic E-state index is 0.580. The Kier molecular flexibility index (Phi) is 1.48. The summed E-state index contributed by atoms with van der Waals surface area (Å²) >= 11 is 0. The smallest absolute Gasteiger partial charge is 0.229 e. The van der Waals surface area contributed by atoms with Crippen molar-refractivity contribution in [3.8, 4) is 0 Å². The van der Waals surface area contributed by atoms with Crippen molar-refractivity contribution < 1.29 is 9.94 Å². The molecule has 1 unspecified atom stereocenters. The molecule has 0 aromatic heterocycles. The predicted molar refractivity (Wildman–Crippen MR) is 29.4 cm³/mol. The summed E-state index contributed by atoms with van der Waals surface area (Å²) in [6.45, 7) is 1.99. The highest BCUT2D eigenvalue weighted by atomic mass is 16.7.